The van der Waals surface area contributed by atoms with Crippen molar-refractivity contribution in [1.29, 1.82) is 0 Å². The molecule has 0 bridgehead atoms. The zero-order chi connectivity index (χ0) is 17.7. The second-order valence-corrected chi connectivity index (χ2v) is 7.32. The van der Waals surface area contributed by atoms with Gasteiger partial charge in [0.1, 0.15) is 0 Å². The van der Waals surface area contributed by atoms with Gasteiger partial charge in [0.05, 0.1) is 12.6 Å². The Kier molecular flexibility index (Phi) is 6.60. The third-order valence-corrected chi connectivity index (χ3v) is 4.85. The van der Waals surface area contributed by atoms with Crippen LogP contribution in [0.1, 0.15) is 39.5 Å². The molecule has 0 aromatic heterocycles. The molecule has 2 aliphatic heterocycles. The lowest BCUT2D eigenvalue weighted by atomic mass is 9.93. The number of nitrogens with one attached hydrogen (secondary N) is 1. The molecule has 0 aromatic carbocycles. The minimum absolute atomic E-state index is 0.0177. The van der Waals surface area contributed by atoms with Crippen molar-refractivity contribution in [3.63, 3.8) is 0 Å². The van der Waals surface area contributed by atoms with Crippen molar-refractivity contribution in [3.05, 3.63) is 0 Å². The molecule has 24 heavy (non-hydrogen) atoms. The summed E-state index contributed by atoms with van der Waals surface area (Å²) in [5.41, 5.74) is 0. The zero-order valence-corrected chi connectivity index (χ0v) is 14.7. The second kappa shape index (κ2) is 8.46. The lowest BCUT2D eigenvalue weighted by Gasteiger charge is -2.36. The number of nitrogens with zero attached hydrogens (tertiary/aromatic N) is 2. The molecule has 2 amide bonds. The van der Waals surface area contributed by atoms with E-state index < -0.39 is 5.97 Å². The molecule has 1 atom stereocenters. The van der Waals surface area contributed by atoms with Crippen molar-refractivity contribution in [2.24, 2.45) is 11.8 Å². The van der Waals surface area contributed by atoms with Gasteiger partial charge in [0, 0.05) is 32.6 Å². The number of likely N-dealkylation sites (tertiary alicyclic amines) is 1. The number of carboxylic acid groups (broad SMARTS) is 1. The normalized spacial score (nSPS) is 23.0. The molecule has 2 rings (SSSR count). The first-order chi connectivity index (χ1) is 11.4. The molecule has 0 radical (unpaired) electrons. The van der Waals surface area contributed by atoms with Gasteiger partial charge >= 0.3 is 5.97 Å². The average molecular weight is 339 g/mol. The van der Waals surface area contributed by atoms with Crippen LogP contribution >= 0.6 is 0 Å². The summed E-state index contributed by atoms with van der Waals surface area (Å²) in [5, 5.41) is 12.1. The van der Waals surface area contributed by atoms with Crippen molar-refractivity contribution in [1.82, 2.24) is 15.1 Å². The number of aliphatic carboxylic acids is 1. The van der Waals surface area contributed by atoms with Crippen LogP contribution in [-0.4, -0.2) is 71.5 Å². The Morgan fingerprint density at radius 3 is 2.50 bits per heavy atom. The molecule has 2 saturated heterocycles. The number of hydrogen-bond donors (Lipinski definition) is 2. The molecule has 2 aliphatic rings. The summed E-state index contributed by atoms with van der Waals surface area (Å²) in [7, 11) is 0. The van der Waals surface area contributed by atoms with Crippen LogP contribution in [0.2, 0.25) is 0 Å². The van der Waals surface area contributed by atoms with E-state index in [1.807, 2.05) is 0 Å². The van der Waals surface area contributed by atoms with Crippen LogP contribution in [0.25, 0.3) is 0 Å². The molecule has 0 aliphatic carbocycles. The number of amides is 2. The molecule has 0 spiro atoms. The molecular weight excluding hydrogens is 310 g/mol. The van der Waals surface area contributed by atoms with E-state index >= 15 is 0 Å². The number of hydrogen-bond acceptors (Lipinski definition) is 4. The first kappa shape index (κ1) is 18.7. The smallest absolute Gasteiger partial charge is 0.303 e. The molecular formula is C17H29N3O4. The molecule has 0 saturated carbocycles. The second-order valence-electron chi connectivity index (χ2n) is 7.32. The molecule has 0 aromatic rings. The fourth-order valence-corrected chi connectivity index (χ4v) is 3.50. The highest BCUT2D eigenvalue weighted by Crippen LogP contribution is 2.21. The first-order valence-electron chi connectivity index (χ1n) is 8.88. The summed E-state index contributed by atoms with van der Waals surface area (Å²) in [6, 6.07) is -0.187. The maximum absolute atomic E-state index is 12.5. The molecule has 2 N–H and O–H groups in total. The number of carboxylic acids is 1. The molecule has 7 heteroatoms. The average Bonchev–Trinajstić information content (AvgIpc) is 2.51. The van der Waals surface area contributed by atoms with E-state index in [2.05, 4.69) is 19.2 Å². The highest BCUT2D eigenvalue weighted by molar-refractivity contribution is 5.88. The third kappa shape index (κ3) is 5.19. The Morgan fingerprint density at radius 2 is 1.92 bits per heavy atom. The molecule has 0 unspecified atom stereocenters. The predicted octanol–water partition coefficient (Wildman–Crippen LogP) is 0.546. The summed E-state index contributed by atoms with van der Waals surface area (Å²) >= 11 is 0. The van der Waals surface area contributed by atoms with Crippen molar-refractivity contribution < 1.29 is 19.5 Å². The van der Waals surface area contributed by atoms with Gasteiger partial charge in [-0.2, -0.15) is 0 Å². The van der Waals surface area contributed by atoms with E-state index in [-0.39, 0.29) is 36.7 Å². The van der Waals surface area contributed by atoms with Crippen molar-refractivity contribution in [2.45, 2.75) is 45.6 Å². The summed E-state index contributed by atoms with van der Waals surface area (Å²) < 4.78 is 0. The molecule has 7 nitrogen and oxygen atoms in total. The number of piperazine rings is 1. The number of carbonyl (C=O) groups excluding carboxylic acids is 2. The minimum Gasteiger partial charge on any atom is -0.481 e. The topological polar surface area (TPSA) is 90.0 Å². The van der Waals surface area contributed by atoms with Gasteiger partial charge in [-0.3, -0.25) is 14.4 Å². The standard InChI is InChI=1S/C17H29N3O4/c1-12(2)9-14-17(24)20(8-5-18-14)11-15(21)19-6-3-13(4-7-19)10-16(22)23/h12-14,18H,3-11H2,1-2H3,(H,22,23)/t14-/m0/s1. The first-order valence-corrected chi connectivity index (χ1v) is 8.88. The fraction of sp³-hybridized carbons (Fsp3) is 0.824. The maximum atomic E-state index is 12.5. The van der Waals surface area contributed by atoms with Crippen molar-refractivity contribution >= 4 is 17.8 Å². The summed E-state index contributed by atoms with van der Waals surface area (Å²) in [4.78, 5) is 39.1. The largest absolute Gasteiger partial charge is 0.481 e. The monoisotopic (exact) mass is 339 g/mol. The lowest BCUT2D eigenvalue weighted by Crippen LogP contribution is -2.57. The molecule has 136 valence electrons. The van der Waals surface area contributed by atoms with Crippen LogP contribution in [-0.2, 0) is 14.4 Å². The Bertz CT molecular complexity index is 472. The van der Waals surface area contributed by atoms with Gasteiger partial charge in [0.15, 0.2) is 0 Å². The maximum Gasteiger partial charge on any atom is 0.303 e. The predicted molar refractivity (Wildman–Crippen MR) is 89.4 cm³/mol. The van der Waals surface area contributed by atoms with E-state index in [0.29, 0.717) is 25.6 Å². The van der Waals surface area contributed by atoms with Crippen LogP contribution in [0.4, 0.5) is 0 Å². The third-order valence-electron chi connectivity index (χ3n) is 4.85. The number of piperidine rings is 1. The van der Waals surface area contributed by atoms with Gasteiger partial charge in [-0.15, -0.1) is 0 Å². The Balaban J connectivity index is 1.81. The van der Waals surface area contributed by atoms with Crippen molar-refractivity contribution in [3.8, 4) is 0 Å². The van der Waals surface area contributed by atoms with Gasteiger partial charge < -0.3 is 20.2 Å². The molecule has 2 fully saturated rings. The summed E-state index contributed by atoms with van der Waals surface area (Å²) in [6.07, 6.45) is 2.41. The fourth-order valence-electron chi connectivity index (χ4n) is 3.50. The lowest BCUT2D eigenvalue weighted by molar-refractivity contribution is -0.144. The van der Waals surface area contributed by atoms with Gasteiger partial charge in [-0.1, -0.05) is 13.8 Å². The Labute approximate surface area is 143 Å². The highest BCUT2D eigenvalue weighted by atomic mass is 16.4. The quantitative estimate of drug-likeness (QED) is 0.737. The zero-order valence-electron chi connectivity index (χ0n) is 14.7. The number of rotatable bonds is 6. The van der Waals surface area contributed by atoms with Gasteiger partial charge in [-0.05, 0) is 31.1 Å². The van der Waals surface area contributed by atoms with Crippen LogP contribution in [0.3, 0.4) is 0 Å². The SMILES string of the molecule is CC(C)C[C@@H]1NCCN(CC(=O)N2CCC(CC(=O)O)CC2)C1=O. The van der Waals surface area contributed by atoms with Gasteiger partial charge in [0.25, 0.3) is 0 Å². The molecule has 2 heterocycles. The van der Waals surface area contributed by atoms with E-state index in [1.54, 1.807) is 9.80 Å². The summed E-state index contributed by atoms with van der Waals surface area (Å²) in [6.45, 7) is 6.77. The van der Waals surface area contributed by atoms with Crippen LogP contribution in [0.5, 0.6) is 0 Å². The van der Waals surface area contributed by atoms with Gasteiger partial charge in [-0.25, -0.2) is 0 Å². The van der Waals surface area contributed by atoms with E-state index in [9.17, 15) is 14.4 Å². The van der Waals surface area contributed by atoms with Crippen LogP contribution < -0.4 is 5.32 Å². The van der Waals surface area contributed by atoms with Crippen molar-refractivity contribution in [2.75, 3.05) is 32.7 Å². The number of carbonyl (C=O) groups is 3. The van der Waals surface area contributed by atoms with Crippen LogP contribution in [0, 0.1) is 11.8 Å². The minimum atomic E-state index is -0.776. The van der Waals surface area contributed by atoms with Crippen LogP contribution in [0.15, 0.2) is 0 Å². The summed E-state index contributed by atoms with van der Waals surface area (Å²) in [5.74, 6) is -0.202. The Hall–Kier alpha value is -1.63. The Morgan fingerprint density at radius 1 is 1.25 bits per heavy atom. The highest BCUT2D eigenvalue weighted by Gasteiger charge is 2.32. The van der Waals surface area contributed by atoms with Gasteiger partial charge in [0.2, 0.25) is 11.8 Å². The van der Waals surface area contributed by atoms with E-state index in [1.165, 1.54) is 0 Å². The van der Waals surface area contributed by atoms with E-state index in [4.69, 9.17) is 5.11 Å². The van der Waals surface area contributed by atoms with E-state index in [0.717, 1.165) is 25.8 Å².